The van der Waals surface area contributed by atoms with E-state index in [-0.39, 0.29) is 5.41 Å². The zero-order valence-electron chi connectivity index (χ0n) is 12.6. The number of nitrogens with two attached hydrogens (primary N) is 1. The number of aromatic nitrogens is 2. The van der Waals surface area contributed by atoms with Crippen LogP contribution in [-0.2, 0) is 6.54 Å². The van der Waals surface area contributed by atoms with E-state index in [0.717, 1.165) is 36.0 Å². The lowest BCUT2D eigenvalue weighted by atomic mass is 9.97. The molecular weight excluding hydrogens is 274 g/mol. The number of imidazole rings is 1. The van der Waals surface area contributed by atoms with E-state index < -0.39 is 6.09 Å². The Hall–Kier alpha value is -1.17. The van der Waals surface area contributed by atoms with Gasteiger partial charge < -0.3 is 15.0 Å². The average molecular weight is 297 g/mol. The fourth-order valence-electron chi connectivity index (χ4n) is 2.15. The van der Waals surface area contributed by atoms with Gasteiger partial charge in [0.25, 0.3) is 5.88 Å². The van der Waals surface area contributed by atoms with Crippen LogP contribution in [0.2, 0.25) is 0 Å². The summed E-state index contributed by atoms with van der Waals surface area (Å²) in [6.07, 6.45) is 1.52. The maximum absolute atomic E-state index is 11.1. The topological polar surface area (TPSA) is 70.1 Å². The molecule has 0 radical (unpaired) electrons. The number of nitrogens with zero attached hydrogens (tertiary/aromatic N) is 2. The van der Waals surface area contributed by atoms with E-state index in [0.29, 0.717) is 11.8 Å². The van der Waals surface area contributed by atoms with Crippen molar-refractivity contribution in [2.24, 2.45) is 11.1 Å². The van der Waals surface area contributed by atoms with E-state index in [1.165, 1.54) is 0 Å². The van der Waals surface area contributed by atoms with E-state index in [9.17, 15) is 4.79 Å². The number of hydrogen-bond donors (Lipinski definition) is 1. The van der Waals surface area contributed by atoms with Gasteiger partial charge in [0.15, 0.2) is 0 Å². The molecule has 1 heterocycles. The summed E-state index contributed by atoms with van der Waals surface area (Å²) in [6, 6.07) is 0. The Morgan fingerprint density at radius 1 is 1.50 bits per heavy atom. The molecule has 2 rings (SSSR count). The number of hydrogen-bond acceptors (Lipinski definition) is 4. The molecule has 6 heteroatoms. The zero-order chi connectivity index (χ0) is 14.9. The van der Waals surface area contributed by atoms with Crippen LogP contribution in [0.15, 0.2) is 5.03 Å². The lowest BCUT2D eigenvalue weighted by Gasteiger charge is -2.22. The second-order valence-electron chi connectivity index (χ2n) is 6.36. The van der Waals surface area contributed by atoms with Crippen molar-refractivity contribution in [3.05, 3.63) is 5.82 Å². The Labute approximate surface area is 124 Å². The minimum absolute atomic E-state index is 0.136. The van der Waals surface area contributed by atoms with Crippen LogP contribution in [0.25, 0.3) is 0 Å². The molecule has 0 aromatic carbocycles. The molecule has 1 amide bonds. The highest BCUT2D eigenvalue weighted by atomic mass is 32.2. The molecule has 1 fully saturated rings. The molecule has 0 aliphatic heterocycles. The van der Waals surface area contributed by atoms with Crippen molar-refractivity contribution in [2.75, 3.05) is 5.75 Å². The molecule has 20 heavy (non-hydrogen) atoms. The molecular formula is C14H23N3O2S. The molecule has 1 aromatic heterocycles. The van der Waals surface area contributed by atoms with Crippen molar-refractivity contribution < 1.29 is 9.53 Å². The molecule has 0 spiro atoms. The van der Waals surface area contributed by atoms with Crippen LogP contribution in [0, 0.1) is 5.41 Å². The zero-order valence-corrected chi connectivity index (χ0v) is 13.4. The molecule has 5 nitrogen and oxygen atoms in total. The van der Waals surface area contributed by atoms with Crippen LogP contribution in [-0.4, -0.2) is 21.4 Å². The summed E-state index contributed by atoms with van der Waals surface area (Å²) in [5.41, 5.74) is 5.28. The van der Waals surface area contributed by atoms with Crippen molar-refractivity contribution in [1.82, 2.24) is 9.55 Å². The van der Waals surface area contributed by atoms with Crippen molar-refractivity contribution in [2.45, 2.75) is 58.0 Å². The fourth-order valence-corrected chi connectivity index (χ4v) is 2.95. The number of ether oxygens (including phenoxy) is 1. The first-order chi connectivity index (χ1) is 9.31. The molecule has 0 atom stereocenters. The number of carbonyl (C=O) groups excluding carboxylic acids is 1. The predicted molar refractivity (Wildman–Crippen MR) is 80.3 cm³/mol. The number of primary amides is 1. The predicted octanol–water partition coefficient (Wildman–Crippen LogP) is 3.38. The highest BCUT2D eigenvalue weighted by Crippen LogP contribution is 2.44. The standard InChI is InChI=1S/C14H23N3O2S/c1-5-20-12-11(19-13(15)18)16-10(9-6-7-9)17(12)8-14(2,3)4/h9H,5-8H2,1-4H3,(H2,15,18). The van der Waals surface area contributed by atoms with Gasteiger partial charge in [0.1, 0.15) is 10.9 Å². The van der Waals surface area contributed by atoms with Gasteiger partial charge in [-0.2, -0.15) is 4.98 Å². The summed E-state index contributed by atoms with van der Waals surface area (Å²) in [5, 5.41) is 0.920. The monoisotopic (exact) mass is 297 g/mol. The van der Waals surface area contributed by atoms with Crippen LogP contribution in [0.5, 0.6) is 5.88 Å². The van der Waals surface area contributed by atoms with Crippen LogP contribution in [0.3, 0.4) is 0 Å². The van der Waals surface area contributed by atoms with E-state index in [2.05, 4.69) is 37.2 Å². The van der Waals surface area contributed by atoms with Gasteiger partial charge in [-0.15, -0.1) is 11.8 Å². The third kappa shape index (κ3) is 3.69. The lowest BCUT2D eigenvalue weighted by molar-refractivity contribution is 0.207. The van der Waals surface area contributed by atoms with Crippen molar-refractivity contribution in [3.63, 3.8) is 0 Å². The molecule has 1 aromatic rings. The number of amides is 1. The first kappa shape index (κ1) is 15.2. The Bertz CT molecular complexity index is 501. The lowest BCUT2D eigenvalue weighted by Crippen LogP contribution is -2.19. The highest BCUT2D eigenvalue weighted by Gasteiger charge is 2.33. The summed E-state index contributed by atoms with van der Waals surface area (Å²) in [7, 11) is 0. The van der Waals surface area contributed by atoms with Crippen molar-refractivity contribution >= 4 is 17.9 Å². The van der Waals surface area contributed by atoms with Gasteiger partial charge in [0, 0.05) is 12.5 Å². The Morgan fingerprint density at radius 3 is 2.60 bits per heavy atom. The van der Waals surface area contributed by atoms with Gasteiger partial charge in [-0.05, 0) is 24.0 Å². The summed E-state index contributed by atoms with van der Waals surface area (Å²) in [5.74, 6) is 2.80. The molecule has 0 bridgehead atoms. The van der Waals surface area contributed by atoms with Gasteiger partial charge in [0.05, 0.1) is 0 Å². The second-order valence-corrected chi connectivity index (χ2v) is 7.61. The number of thioether (sulfide) groups is 1. The molecule has 1 aliphatic rings. The number of rotatable bonds is 5. The Kier molecular flexibility index (Phi) is 4.32. The van der Waals surface area contributed by atoms with Gasteiger partial charge in [-0.1, -0.05) is 27.7 Å². The molecule has 112 valence electrons. The maximum atomic E-state index is 11.1. The summed E-state index contributed by atoms with van der Waals surface area (Å²) in [6.45, 7) is 9.51. The third-order valence-electron chi connectivity index (χ3n) is 2.97. The van der Waals surface area contributed by atoms with Gasteiger partial charge >= 0.3 is 6.09 Å². The van der Waals surface area contributed by atoms with Gasteiger partial charge in [-0.25, -0.2) is 4.79 Å². The normalized spacial score (nSPS) is 15.4. The first-order valence-electron chi connectivity index (χ1n) is 7.02. The van der Waals surface area contributed by atoms with Crippen molar-refractivity contribution in [3.8, 4) is 5.88 Å². The largest absolute Gasteiger partial charge is 0.411 e. The summed E-state index contributed by atoms with van der Waals surface area (Å²) < 4.78 is 7.31. The molecule has 1 saturated carbocycles. The molecule has 0 unspecified atom stereocenters. The van der Waals surface area contributed by atoms with E-state index in [1.807, 2.05) is 0 Å². The van der Waals surface area contributed by atoms with E-state index >= 15 is 0 Å². The molecule has 2 N–H and O–H groups in total. The Morgan fingerprint density at radius 2 is 2.15 bits per heavy atom. The van der Waals surface area contributed by atoms with Gasteiger partial charge in [0.2, 0.25) is 0 Å². The first-order valence-corrected chi connectivity index (χ1v) is 8.01. The van der Waals surface area contributed by atoms with Crippen LogP contribution < -0.4 is 10.5 Å². The quantitative estimate of drug-likeness (QED) is 0.846. The summed E-state index contributed by atoms with van der Waals surface area (Å²) in [4.78, 5) is 15.6. The van der Waals surface area contributed by atoms with Crippen molar-refractivity contribution in [1.29, 1.82) is 0 Å². The van der Waals surface area contributed by atoms with Crippen LogP contribution in [0.4, 0.5) is 4.79 Å². The maximum Gasteiger partial charge on any atom is 0.411 e. The molecule has 1 aliphatic carbocycles. The second kappa shape index (κ2) is 5.68. The molecule has 0 saturated heterocycles. The minimum Gasteiger partial charge on any atom is -0.388 e. The fraction of sp³-hybridized carbons (Fsp3) is 0.714. The minimum atomic E-state index is -0.800. The SMILES string of the molecule is CCSc1c(OC(N)=O)nc(C2CC2)n1CC(C)(C)C. The van der Waals surface area contributed by atoms with Crippen LogP contribution in [0.1, 0.15) is 52.3 Å². The number of carbonyl (C=O) groups is 1. The summed E-state index contributed by atoms with van der Waals surface area (Å²) >= 11 is 1.64. The van der Waals surface area contributed by atoms with E-state index in [4.69, 9.17) is 10.5 Å². The van der Waals surface area contributed by atoms with E-state index in [1.54, 1.807) is 11.8 Å². The van der Waals surface area contributed by atoms with Crippen LogP contribution >= 0.6 is 11.8 Å². The average Bonchev–Trinajstić information content (AvgIpc) is 3.07. The Balaban J connectivity index is 2.42. The smallest absolute Gasteiger partial charge is 0.388 e. The van der Waals surface area contributed by atoms with Gasteiger partial charge in [-0.3, -0.25) is 0 Å². The third-order valence-corrected chi connectivity index (χ3v) is 3.93. The highest BCUT2D eigenvalue weighted by molar-refractivity contribution is 7.99.